The van der Waals surface area contributed by atoms with E-state index in [0.29, 0.717) is 5.56 Å². The fourth-order valence-corrected chi connectivity index (χ4v) is 2.34. The zero-order valence-corrected chi connectivity index (χ0v) is 11.1. The van der Waals surface area contributed by atoms with Crippen LogP contribution in [0.5, 0.6) is 0 Å². The molecule has 0 unspecified atom stereocenters. The molecular weight excluding hydrogens is 292 g/mol. The lowest BCUT2D eigenvalue weighted by Crippen LogP contribution is -2.19. The second kappa shape index (κ2) is 5.07. The Morgan fingerprint density at radius 1 is 1.05 bits per heavy atom. The van der Waals surface area contributed by atoms with Gasteiger partial charge in [-0.2, -0.15) is 0 Å². The first-order valence-corrected chi connectivity index (χ1v) is 6.33. The summed E-state index contributed by atoms with van der Waals surface area (Å²) >= 11 is 0. The predicted molar refractivity (Wildman–Crippen MR) is 76.9 cm³/mol. The van der Waals surface area contributed by atoms with E-state index in [9.17, 15) is 23.5 Å². The number of hydrogen-bond acceptors (Lipinski definition) is 2. The number of aromatic amines is 1. The van der Waals surface area contributed by atoms with Gasteiger partial charge in [-0.25, -0.2) is 13.6 Å². The quantitative estimate of drug-likeness (QED) is 0.763. The smallest absolute Gasteiger partial charge is 0.341 e. The first-order valence-electron chi connectivity index (χ1n) is 6.33. The maximum Gasteiger partial charge on any atom is 0.341 e. The maximum atomic E-state index is 13.8. The fraction of sp³-hybridized carbons (Fsp3) is 0. The van der Waals surface area contributed by atoms with Gasteiger partial charge in [0.1, 0.15) is 5.56 Å². The Labute approximate surface area is 122 Å². The average molecular weight is 301 g/mol. The maximum absolute atomic E-state index is 13.8. The SMILES string of the molecule is O=C(O)c1c(-c2ccccc2)[nH]c2ccc(F)c(F)c2c1=O. The Morgan fingerprint density at radius 2 is 1.73 bits per heavy atom. The van der Waals surface area contributed by atoms with Crippen LogP contribution < -0.4 is 5.43 Å². The van der Waals surface area contributed by atoms with Gasteiger partial charge >= 0.3 is 5.97 Å². The fourth-order valence-electron chi connectivity index (χ4n) is 2.34. The van der Waals surface area contributed by atoms with Gasteiger partial charge in [-0.1, -0.05) is 30.3 Å². The van der Waals surface area contributed by atoms with Crippen molar-refractivity contribution in [1.29, 1.82) is 0 Å². The van der Waals surface area contributed by atoms with Crippen molar-refractivity contribution in [3.05, 3.63) is 69.9 Å². The van der Waals surface area contributed by atoms with Crippen LogP contribution in [-0.4, -0.2) is 16.1 Å². The number of rotatable bonds is 2. The minimum Gasteiger partial charge on any atom is -0.477 e. The van der Waals surface area contributed by atoms with E-state index in [0.717, 1.165) is 6.07 Å². The number of hydrogen-bond donors (Lipinski definition) is 2. The summed E-state index contributed by atoms with van der Waals surface area (Å²) in [5, 5.41) is 8.69. The first kappa shape index (κ1) is 13.9. The molecule has 3 aromatic rings. The molecule has 0 fully saturated rings. The molecule has 0 radical (unpaired) electrons. The van der Waals surface area contributed by atoms with E-state index >= 15 is 0 Å². The summed E-state index contributed by atoms with van der Waals surface area (Å²) in [6, 6.07) is 10.4. The van der Waals surface area contributed by atoms with Crippen molar-refractivity contribution in [1.82, 2.24) is 4.98 Å². The number of aromatic nitrogens is 1. The Bertz CT molecular complexity index is 949. The van der Waals surface area contributed by atoms with E-state index in [2.05, 4.69) is 4.98 Å². The third-order valence-corrected chi connectivity index (χ3v) is 3.33. The van der Waals surface area contributed by atoms with Gasteiger partial charge in [0.05, 0.1) is 16.6 Å². The lowest BCUT2D eigenvalue weighted by atomic mass is 10.0. The van der Waals surface area contributed by atoms with Gasteiger partial charge in [-0.15, -0.1) is 0 Å². The molecule has 22 heavy (non-hydrogen) atoms. The number of carbonyl (C=O) groups is 1. The number of H-pyrrole nitrogens is 1. The highest BCUT2D eigenvalue weighted by Gasteiger charge is 2.22. The average Bonchev–Trinajstić information content (AvgIpc) is 2.51. The highest BCUT2D eigenvalue weighted by Crippen LogP contribution is 2.24. The molecule has 3 rings (SSSR count). The number of carboxylic acid groups (broad SMARTS) is 1. The normalized spacial score (nSPS) is 10.8. The standard InChI is InChI=1S/C16H9F2NO3/c17-9-6-7-10-11(13(9)18)15(20)12(16(21)22)14(19-10)8-4-2-1-3-5-8/h1-7H,(H,19,20)(H,21,22). The molecule has 0 saturated heterocycles. The van der Waals surface area contributed by atoms with Crippen molar-refractivity contribution in [2.75, 3.05) is 0 Å². The number of pyridine rings is 1. The molecule has 0 aliphatic heterocycles. The van der Waals surface area contributed by atoms with Crippen LogP contribution in [0.15, 0.2) is 47.3 Å². The number of carboxylic acids is 1. The van der Waals surface area contributed by atoms with Crippen LogP contribution in [0.25, 0.3) is 22.2 Å². The molecule has 0 aliphatic rings. The summed E-state index contributed by atoms with van der Waals surface area (Å²) in [6.45, 7) is 0. The minimum absolute atomic E-state index is 0.0350. The second-order valence-electron chi connectivity index (χ2n) is 4.66. The summed E-state index contributed by atoms with van der Waals surface area (Å²) in [6.07, 6.45) is 0. The van der Waals surface area contributed by atoms with E-state index in [1.54, 1.807) is 30.3 Å². The van der Waals surface area contributed by atoms with Crippen molar-refractivity contribution >= 4 is 16.9 Å². The molecule has 0 saturated carbocycles. The van der Waals surface area contributed by atoms with Gasteiger partial charge in [0.2, 0.25) is 5.43 Å². The third-order valence-electron chi connectivity index (χ3n) is 3.33. The van der Waals surface area contributed by atoms with Crippen LogP contribution in [0.4, 0.5) is 8.78 Å². The highest BCUT2D eigenvalue weighted by molar-refractivity contribution is 5.99. The third kappa shape index (κ3) is 2.05. The Balaban J connectivity index is 2.49. The van der Waals surface area contributed by atoms with Crippen molar-refractivity contribution in [2.45, 2.75) is 0 Å². The van der Waals surface area contributed by atoms with E-state index in [4.69, 9.17) is 0 Å². The Kier molecular flexibility index (Phi) is 3.21. The zero-order chi connectivity index (χ0) is 15.9. The second-order valence-corrected chi connectivity index (χ2v) is 4.66. The molecule has 2 aromatic carbocycles. The van der Waals surface area contributed by atoms with E-state index in [-0.39, 0.29) is 11.2 Å². The summed E-state index contributed by atoms with van der Waals surface area (Å²) in [4.78, 5) is 26.5. The van der Waals surface area contributed by atoms with Crippen LogP contribution >= 0.6 is 0 Å². The van der Waals surface area contributed by atoms with Crippen molar-refractivity contribution in [3.8, 4) is 11.3 Å². The highest BCUT2D eigenvalue weighted by atomic mass is 19.2. The largest absolute Gasteiger partial charge is 0.477 e. The molecule has 0 amide bonds. The molecule has 1 aromatic heterocycles. The number of nitrogens with one attached hydrogen (secondary N) is 1. The summed E-state index contributed by atoms with van der Waals surface area (Å²) in [5.41, 5.74) is -1.13. The van der Waals surface area contributed by atoms with Gasteiger partial charge in [0.25, 0.3) is 0 Å². The monoisotopic (exact) mass is 301 g/mol. The van der Waals surface area contributed by atoms with Crippen molar-refractivity contribution in [2.24, 2.45) is 0 Å². The number of halogens is 2. The molecule has 110 valence electrons. The van der Waals surface area contributed by atoms with Gasteiger partial charge in [0.15, 0.2) is 11.6 Å². The van der Waals surface area contributed by atoms with E-state index in [1.165, 1.54) is 6.07 Å². The van der Waals surface area contributed by atoms with Gasteiger partial charge in [-0.3, -0.25) is 4.79 Å². The van der Waals surface area contributed by atoms with Crippen LogP contribution in [0, 0.1) is 11.6 Å². The molecule has 4 nitrogen and oxygen atoms in total. The summed E-state index contributed by atoms with van der Waals surface area (Å²) < 4.78 is 27.2. The number of benzene rings is 2. The summed E-state index contributed by atoms with van der Waals surface area (Å²) in [5.74, 6) is -4.08. The van der Waals surface area contributed by atoms with Gasteiger partial charge in [-0.05, 0) is 17.7 Å². The molecule has 6 heteroatoms. The molecule has 1 heterocycles. The lowest BCUT2D eigenvalue weighted by molar-refractivity contribution is 0.0696. The van der Waals surface area contributed by atoms with Crippen LogP contribution in [0.2, 0.25) is 0 Å². The van der Waals surface area contributed by atoms with Crippen LogP contribution in [-0.2, 0) is 0 Å². The molecule has 0 aliphatic carbocycles. The first-order chi connectivity index (χ1) is 10.5. The van der Waals surface area contributed by atoms with Crippen LogP contribution in [0.3, 0.4) is 0 Å². The molecular formula is C16H9F2NO3. The predicted octanol–water partition coefficient (Wildman–Crippen LogP) is 3.17. The van der Waals surface area contributed by atoms with E-state index in [1.807, 2.05) is 0 Å². The van der Waals surface area contributed by atoms with Crippen molar-refractivity contribution in [3.63, 3.8) is 0 Å². The molecule has 0 atom stereocenters. The van der Waals surface area contributed by atoms with Gasteiger partial charge in [0, 0.05) is 0 Å². The molecule has 0 bridgehead atoms. The number of fused-ring (bicyclic) bond motifs is 1. The topological polar surface area (TPSA) is 70.2 Å². The Hall–Kier alpha value is -3.02. The molecule has 2 N–H and O–H groups in total. The minimum atomic E-state index is -1.51. The van der Waals surface area contributed by atoms with Gasteiger partial charge < -0.3 is 10.1 Å². The van der Waals surface area contributed by atoms with E-state index < -0.39 is 34.0 Å². The Morgan fingerprint density at radius 3 is 2.36 bits per heavy atom. The van der Waals surface area contributed by atoms with Crippen molar-refractivity contribution < 1.29 is 18.7 Å². The van der Waals surface area contributed by atoms with Crippen LogP contribution in [0.1, 0.15) is 10.4 Å². The zero-order valence-electron chi connectivity index (χ0n) is 11.1. The summed E-state index contributed by atoms with van der Waals surface area (Å²) in [7, 11) is 0. The molecule has 0 spiro atoms. The number of aromatic carboxylic acids is 1. The lowest BCUT2D eigenvalue weighted by Gasteiger charge is -2.09.